The molecule has 0 amide bonds. The molecule has 0 spiro atoms. The van der Waals surface area contributed by atoms with Crippen LogP contribution in [0.4, 0.5) is 0 Å². The number of ether oxygens (including phenoxy) is 1. The number of aliphatic hydroxyl groups excluding tert-OH is 1. The van der Waals surface area contributed by atoms with Crippen LogP contribution in [0.25, 0.3) is 0 Å². The predicted octanol–water partition coefficient (Wildman–Crippen LogP) is 1.36. The lowest BCUT2D eigenvalue weighted by atomic mass is 9.86. The fraction of sp³-hybridized carbons (Fsp3) is 0.533. The first-order valence-electron chi connectivity index (χ1n) is 6.90. The lowest BCUT2D eigenvalue weighted by Crippen LogP contribution is -2.52. The SMILES string of the molecule is O=C(OC1CN2CCC1CC2)[C@@H](O)c1ccccc1. The van der Waals surface area contributed by atoms with Gasteiger partial charge < -0.3 is 9.84 Å². The van der Waals surface area contributed by atoms with Crippen molar-refractivity contribution in [2.45, 2.75) is 25.0 Å². The third kappa shape index (κ3) is 2.65. The van der Waals surface area contributed by atoms with Crippen LogP contribution in [-0.4, -0.2) is 41.7 Å². The Kier molecular flexibility index (Phi) is 3.53. The van der Waals surface area contributed by atoms with Gasteiger partial charge in [-0.25, -0.2) is 4.79 Å². The molecule has 3 aliphatic rings. The number of piperidine rings is 3. The Hall–Kier alpha value is -1.39. The molecule has 3 heterocycles. The number of carbonyl (C=O) groups is 1. The van der Waals surface area contributed by atoms with Crippen LogP contribution >= 0.6 is 0 Å². The van der Waals surface area contributed by atoms with E-state index in [1.165, 1.54) is 0 Å². The van der Waals surface area contributed by atoms with Crippen LogP contribution < -0.4 is 0 Å². The number of fused-ring (bicyclic) bond motifs is 3. The van der Waals surface area contributed by atoms with Crippen LogP contribution in [0.5, 0.6) is 0 Å². The highest BCUT2D eigenvalue weighted by atomic mass is 16.6. The molecule has 3 fully saturated rings. The van der Waals surface area contributed by atoms with Gasteiger partial charge in [-0.2, -0.15) is 0 Å². The second-order valence-electron chi connectivity index (χ2n) is 5.43. The highest BCUT2D eigenvalue weighted by molar-refractivity contribution is 5.76. The molecule has 0 aromatic heterocycles. The van der Waals surface area contributed by atoms with Crippen molar-refractivity contribution in [2.75, 3.05) is 19.6 Å². The number of rotatable bonds is 3. The molecular weight excluding hydrogens is 242 g/mol. The molecule has 0 aliphatic carbocycles. The van der Waals surface area contributed by atoms with E-state index in [1.54, 1.807) is 24.3 Å². The summed E-state index contributed by atoms with van der Waals surface area (Å²) in [5.41, 5.74) is 0.591. The molecule has 102 valence electrons. The number of benzene rings is 1. The van der Waals surface area contributed by atoms with Gasteiger partial charge in [0.25, 0.3) is 0 Å². The summed E-state index contributed by atoms with van der Waals surface area (Å²) < 4.78 is 5.51. The van der Waals surface area contributed by atoms with E-state index in [4.69, 9.17) is 4.74 Å². The van der Waals surface area contributed by atoms with E-state index in [9.17, 15) is 9.90 Å². The zero-order valence-corrected chi connectivity index (χ0v) is 10.9. The minimum absolute atomic E-state index is 0.0478. The minimum Gasteiger partial charge on any atom is -0.459 e. The maximum absolute atomic E-state index is 12.0. The lowest BCUT2D eigenvalue weighted by molar-refractivity contribution is -0.169. The maximum atomic E-state index is 12.0. The van der Waals surface area contributed by atoms with Crippen LogP contribution in [0.15, 0.2) is 30.3 Å². The van der Waals surface area contributed by atoms with E-state index < -0.39 is 12.1 Å². The quantitative estimate of drug-likeness (QED) is 0.835. The highest BCUT2D eigenvalue weighted by Gasteiger charge is 2.37. The molecule has 1 N–H and O–H groups in total. The summed E-state index contributed by atoms with van der Waals surface area (Å²) >= 11 is 0. The molecule has 0 saturated carbocycles. The fourth-order valence-electron chi connectivity index (χ4n) is 3.03. The third-order valence-corrected chi connectivity index (χ3v) is 4.20. The van der Waals surface area contributed by atoms with E-state index in [1.807, 2.05) is 6.07 Å². The molecule has 2 atom stereocenters. The summed E-state index contributed by atoms with van der Waals surface area (Å²) in [6.45, 7) is 3.04. The molecule has 19 heavy (non-hydrogen) atoms. The molecule has 1 aromatic rings. The molecule has 3 saturated heterocycles. The third-order valence-electron chi connectivity index (χ3n) is 4.20. The van der Waals surface area contributed by atoms with Gasteiger partial charge in [0.2, 0.25) is 0 Å². The van der Waals surface area contributed by atoms with Crippen molar-refractivity contribution in [2.24, 2.45) is 5.92 Å². The first kappa shape index (κ1) is 12.6. The summed E-state index contributed by atoms with van der Waals surface area (Å²) in [4.78, 5) is 14.3. The summed E-state index contributed by atoms with van der Waals surface area (Å²) in [5.74, 6) is -0.0538. The van der Waals surface area contributed by atoms with E-state index >= 15 is 0 Å². The minimum atomic E-state index is -1.17. The van der Waals surface area contributed by atoms with E-state index in [0.29, 0.717) is 11.5 Å². The van der Waals surface area contributed by atoms with E-state index in [2.05, 4.69) is 4.90 Å². The molecule has 4 rings (SSSR count). The van der Waals surface area contributed by atoms with Gasteiger partial charge >= 0.3 is 5.97 Å². The number of esters is 1. The van der Waals surface area contributed by atoms with Crippen molar-refractivity contribution in [3.63, 3.8) is 0 Å². The van der Waals surface area contributed by atoms with Gasteiger partial charge in [-0.15, -0.1) is 0 Å². The number of hydrogen-bond donors (Lipinski definition) is 1. The second-order valence-corrected chi connectivity index (χ2v) is 5.43. The summed E-state index contributed by atoms with van der Waals surface area (Å²) in [7, 11) is 0. The van der Waals surface area contributed by atoms with Crippen molar-refractivity contribution >= 4 is 5.97 Å². The first-order valence-corrected chi connectivity index (χ1v) is 6.90. The van der Waals surface area contributed by atoms with Gasteiger partial charge in [0.1, 0.15) is 6.10 Å². The summed E-state index contributed by atoms with van der Waals surface area (Å²) in [6, 6.07) is 8.94. The largest absolute Gasteiger partial charge is 0.459 e. The monoisotopic (exact) mass is 261 g/mol. The van der Waals surface area contributed by atoms with Gasteiger partial charge in [-0.1, -0.05) is 30.3 Å². The van der Waals surface area contributed by atoms with Gasteiger partial charge in [0.05, 0.1) is 0 Å². The van der Waals surface area contributed by atoms with E-state index in [0.717, 1.165) is 32.5 Å². The molecule has 3 aliphatic heterocycles. The second kappa shape index (κ2) is 5.31. The average Bonchev–Trinajstić information content (AvgIpc) is 2.48. The van der Waals surface area contributed by atoms with Gasteiger partial charge in [0.15, 0.2) is 6.10 Å². The first-order chi connectivity index (χ1) is 9.24. The number of nitrogens with zero attached hydrogens (tertiary/aromatic N) is 1. The molecular formula is C15H19NO3. The van der Waals surface area contributed by atoms with Crippen molar-refractivity contribution in [1.29, 1.82) is 0 Å². The average molecular weight is 261 g/mol. The Balaban J connectivity index is 1.62. The number of carbonyl (C=O) groups excluding carboxylic acids is 1. The summed E-state index contributed by atoms with van der Waals surface area (Å²) in [6.07, 6.45) is 0.976. The zero-order chi connectivity index (χ0) is 13.2. The van der Waals surface area contributed by atoms with Crippen LogP contribution in [-0.2, 0) is 9.53 Å². The molecule has 1 unspecified atom stereocenters. The number of aliphatic hydroxyl groups is 1. The highest BCUT2D eigenvalue weighted by Crippen LogP contribution is 2.30. The zero-order valence-electron chi connectivity index (χ0n) is 10.9. The van der Waals surface area contributed by atoms with Crippen LogP contribution in [0, 0.1) is 5.92 Å². The van der Waals surface area contributed by atoms with Gasteiger partial charge in [0, 0.05) is 6.54 Å². The summed E-state index contributed by atoms with van der Waals surface area (Å²) in [5, 5.41) is 10.0. The topological polar surface area (TPSA) is 49.8 Å². The number of hydrogen-bond acceptors (Lipinski definition) is 4. The van der Waals surface area contributed by atoms with Crippen LogP contribution in [0.2, 0.25) is 0 Å². The maximum Gasteiger partial charge on any atom is 0.339 e. The molecule has 1 aromatic carbocycles. The Morgan fingerprint density at radius 3 is 2.53 bits per heavy atom. The van der Waals surface area contributed by atoms with Crippen molar-refractivity contribution in [3.8, 4) is 0 Å². The lowest BCUT2D eigenvalue weighted by Gasteiger charge is -2.44. The van der Waals surface area contributed by atoms with Gasteiger partial charge in [-0.05, 0) is 37.4 Å². The predicted molar refractivity (Wildman–Crippen MR) is 70.4 cm³/mol. The van der Waals surface area contributed by atoms with Gasteiger partial charge in [-0.3, -0.25) is 4.90 Å². The molecule has 2 bridgehead atoms. The van der Waals surface area contributed by atoms with Crippen LogP contribution in [0.3, 0.4) is 0 Å². The Labute approximate surface area is 113 Å². The molecule has 4 heteroatoms. The smallest absolute Gasteiger partial charge is 0.339 e. The van der Waals surface area contributed by atoms with E-state index in [-0.39, 0.29) is 6.10 Å². The van der Waals surface area contributed by atoms with Crippen LogP contribution in [0.1, 0.15) is 24.5 Å². The Bertz CT molecular complexity index is 440. The standard InChI is InChI=1S/C15H19NO3/c17-14(12-4-2-1-3-5-12)15(18)19-13-10-16-8-6-11(13)7-9-16/h1-5,11,13-14,17H,6-10H2/t13?,14-/m0/s1. The van der Waals surface area contributed by atoms with Crippen molar-refractivity contribution < 1.29 is 14.6 Å². The Morgan fingerprint density at radius 1 is 1.26 bits per heavy atom. The normalized spacial score (nSPS) is 30.9. The van der Waals surface area contributed by atoms with Crippen molar-refractivity contribution in [3.05, 3.63) is 35.9 Å². The van der Waals surface area contributed by atoms with Crippen molar-refractivity contribution in [1.82, 2.24) is 4.90 Å². The fourth-order valence-corrected chi connectivity index (χ4v) is 3.03. The molecule has 0 radical (unpaired) electrons. The Morgan fingerprint density at radius 2 is 1.95 bits per heavy atom. The molecule has 4 nitrogen and oxygen atoms in total.